The molecule has 0 saturated carbocycles. The first-order valence-electron chi connectivity index (χ1n) is 6.41. The second-order valence-electron chi connectivity index (χ2n) is 4.46. The van der Waals surface area contributed by atoms with E-state index in [0.717, 1.165) is 52.6 Å². The number of halogens is 1. The second-order valence-corrected chi connectivity index (χ2v) is 5.38. The quantitative estimate of drug-likeness (QED) is 0.564. The molecule has 4 nitrogen and oxygen atoms in total. The number of fused-ring (bicyclic) bond motifs is 1. The van der Waals surface area contributed by atoms with Crippen LogP contribution in [-0.4, -0.2) is 23.2 Å². The van der Waals surface area contributed by atoms with E-state index >= 15 is 0 Å². The highest BCUT2D eigenvalue weighted by Gasteiger charge is 2.05. The van der Waals surface area contributed by atoms with Crippen molar-refractivity contribution >= 4 is 38.2 Å². The predicted octanol–water partition coefficient (Wildman–Crippen LogP) is 3.15. The summed E-state index contributed by atoms with van der Waals surface area (Å²) in [4.78, 5) is 4.43. The number of aromatic nitrogens is 1. The smallest absolute Gasteiger partial charge is 0.0954 e. The molecule has 1 aromatic heterocycles. The van der Waals surface area contributed by atoms with Crippen LogP contribution >= 0.6 is 15.9 Å². The van der Waals surface area contributed by atoms with Gasteiger partial charge in [0.15, 0.2) is 0 Å². The SMILES string of the molecule is Nc1ccc(NCCCCCO)c2ncc(Br)cc12. The Morgan fingerprint density at radius 1 is 1.26 bits per heavy atom. The summed E-state index contributed by atoms with van der Waals surface area (Å²) in [7, 11) is 0. The van der Waals surface area contributed by atoms with Gasteiger partial charge in [-0.3, -0.25) is 4.98 Å². The molecular weight excluding hydrogens is 306 g/mol. The molecule has 2 aromatic rings. The van der Waals surface area contributed by atoms with Gasteiger partial charge in [0.1, 0.15) is 0 Å². The van der Waals surface area contributed by atoms with Crippen LogP contribution in [0.2, 0.25) is 0 Å². The average Bonchev–Trinajstić information content (AvgIpc) is 2.41. The third kappa shape index (κ3) is 3.58. The van der Waals surface area contributed by atoms with Crippen LogP contribution in [0.25, 0.3) is 10.9 Å². The molecule has 2 rings (SSSR count). The fraction of sp³-hybridized carbons (Fsp3) is 0.357. The van der Waals surface area contributed by atoms with Crippen LogP contribution in [0.15, 0.2) is 28.9 Å². The maximum Gasteiger partial charge on any atom is 0.0954 e. The molecule has 0 unspecified atom stereocenters. The van der Waals surface area contributed by atoms with Gasteiger partial charge in [-0.2, -0.15) is 0 Å². The molecule has 1 heterocycles. The van der Waals surface area contributed by atoms with Gasteiger partial charge in [0.05, 0.1) is 11.2 Å². The van der Waals surface area contributed by atoms with Gasteiger partial charge in [0.25, 0.3) is 0 Å². The number of unbranched alkanes of at least 4 members (excludes halogenated alkanes) is 2. The minimum atomic E-state index is 0.264. The largest absolute Gasteiger partial charge is 0.398 e. The Morgan fingerprint density at radius 2 is 2.11 bits per heavy atom. The molecular formula is C14H18BrN3O. The highest BCUT2D eigenvalue weighted by atomic mass is 79.9. The van der Waals surface area contributed by atoms with Crippen molar-refractivity contribution in [2.75, 3.05) is 24.2 Å². The molecule has 0 aliphatic heterocycles. The lowest BCUT2D eigenvalue weighted by Crippen LogP contribution is -2.03. The van der Waals surface area contributed by atoms with Crippen molar-refractivity contribution < 1.29 is 5.11 Å². The van der Waals surface area contributed by atoms with Gasteiger partial charge < -0.3 is 16.2 Å². The minimum Gasteiger partial charge on any atom is -0.398 e. The molecule has 0 amide bonds. The summed E-state index contributed by atoms with van der Waals surface area (Å²) >= 11 is 3.41. The summed E-state index contributed by atoms with van der Waals surface area (Å²) in [5, 5.41) is 13.1. The number of nitrogens with one attached hydrogen (secondary N) is 1. The van der Waals surface area contributed by atoms with E-state index in [9.17, 15) is 0 Å². The summed E-state index contributed by atoms with van der Waals surface area (Å²) in [6.45, 7) is 1.14. The zero-order valence-electron chi connectivity index (χ0n) is 10.7. The minimum absolute atomic E-state index is 0.264. The first-order valence-corrected chi connectivity index (χ1v) is 7.20. The Labute approximate surface area is 121 Å². The second kappa shape index (κ2) is 6.73. The summed E-state index contributed by atoms with van der Waals surface area (Å²) in [6, 6.07) is 5.84. The molecule has 0 atom stereocenters. The molecule has 0 fully saturated rings. The van der Waals surface area contributed by atoms with Crippen molar-refractivity contribution in [3.63, 3.8) is 0 Å². The first-order chi connectivity index (χ1) is 9.22. The Bertz CT molecular complexity index is 560. The van der Waals surface area contributed by atoms with E-state index in [1.54, 1.807) is 6.20 Å². The molecule has 0 spiro atoms. The van der Waals surface area contributed by atoms with Gasteiger partial charge >= 0.3 is 0 Å². The van der Waals surface area contributed by atoms with E-state index < -0.39 is 0 Å². The fourth-order valence-electron chi connectivity index (χ4n) is 2.00. The van der Waals surface area contributed by atoms with E-state index in [2.05, 4.69) is 26.2 Å². The third-order valence-corrected chi connectivity index (χ3v) is 3.43. The lowest BCUT2D eigenvalue weighted by Gasteiger charge is -2.10. The van der Waals surface area contributed by atoms with Crippen LogP contribution in [0.5, 0.6) is 0 Å². The van der Waals surface area contributed by atoms with Gasteiger partial charge in [-0.25, -0.2) is 0 Å². The number of benzene rings is 1. The van der Waals surface area contributed by atoms with Crippen molar-refractivity contribution in [2.24, 2.45) is 0 Å². The Morgan fingerprint density at radius 3 is 2.89 bits per heavy atom. The standard InChI is InChI=1S/C14H18BrN3O/c15-10-8-11-12(16)4-5-13(14(11)18-9-10)17-6-2-1-3-7-19/h4-5,8-9,17,19H,1-3,6-7,16H2. The Kier molecular flexibility index (Phi) is 4.99. The van der Waals surface area contributed by atoms with Crippen molar-refractivity contribution in [1.29, 1.82) is 0 Å². The zero-order valence-corrected chi connectivity index (χ0v) is 12.3. The molecule has 0 bridgehead atoms. The molecule has 0 aliphatic rings. The Hall–Kier alpha value is -1.33. The average molecular weight is 324 g/mol. The number of nitrogen functional groups attached to an aromatic ring is 1. The summed E-state index contributed by atoms with van der Waals surface area (Å²) < 4.78 is 0.923. The van der Waals surface area contributed by atoms with E-state index in [1.807, 2.05) is 18.2 Å². The number of hydrogen-bond acceptors (Lipinski definition) is 4. The van der Waals surface area contributed by atoms with Crippen LogP contribution < -0.4 is 11.1 Å². The van der Waals surface area contributed by atoms with Crippen molar-refractivity contribution in [3.05, 3.63) is 28.9 Å². The molecule has 102 valence electrons. The molecule has 0 radical (unpaired) electrons. The maximum absolute atomic E-state index is 8.73. The summed E-state index contributed by atoms with van der Waals surface area (Å²) in [5.74, 6) is 0. The number of aliphatic hydroxyl groups excluding tert-OH is 1. The lowest BCUT2D eigenvalue weighted by molar-refractivity contribution is 0.283. The number of rotatable bonds is 6. The van der Waals surface area contributed by atoms with Crippen LogP contribution in [0.3, 0.4) is 0 Å². The van der Waals surface area contributed by atoms with Gasteiger partial charge in [0.2, 0.25) is 0 Å². The molecule has 0 saturated heterocycles. The number of hydrogen-bond donors (Lipinski definition) is 3. The van der Waals surface area contributed by atoms with Gasteiger partial charge in [-0.05, 0) is 53.4 Å². The van der Waals surface area contributed by atoms with Crippen molar-refractivity contribution in [1.82, 2.24) is 4.98 Å². The number of nitrogens with zero attached hydrogens (tertiary/aromatic N) is 1. The molecule has 19 heavy (non-hydrogen) atoms. The maximum atomic E-state index is 8.73. The molecule has 4 N–H and O–H groups in total. The van der Waals surface area contributed by atoms with Gasteiger partial charge in [0, 0.05) is 34.9 Å². The van der Waals surface area contributed by atoms with E-state index in [4.69, 9.17) is 10.8 Å². The van der Waals surface area contributed by atoms with Gasteiger partial charge in [-0.1, -0.05) is 0 Å². The number of pyridine rings is 1. The lowest BCUT2D eigenvalue weighted by atomic mass is 10.1. The fourth-order valence-corrected chi connectivity index (χ4v) is 2.33. The summed E-state index contributed by atoms with van der Waals surface area (Å²) in [6.07, 6.45) is 4.69. The number of nitrogens with two attached hydrogens (primary N) is 1. The molecule has 1 aromatic carbocycles. The van der Waals surface area contributed by atoms with E-state index in [-0.39, 0.29) is 6.61 Å². The van der Waals surface area contributed by atoms with Crippen LogP contribution in [0.4, 0.5) is 11.4 Å². The monoisotopic (exact) mass is 323 g/mol. The number of aliphatic hydroxyl groups is 1. The molecule has 0 aliphatic carbocycles. The van der Waals surface area contributed by atoms with Crippen molar-refractivity contribution in [3.8, 4) is 0 Å². The normalized spacial score (nSPS) is 10.8. The zero-order chi connectivity index (χ0) is 13.7. The third-order valence-electron chi connectivity index (χ3n) is 3.00. The predicted molar refractivity (Wildman–Crippen MR) is 83.3 cm³/mol. The summed E-state index contributed by atoms with van der Waals surface area (Å²) in [5.41, 5.74) is 8.60. The van der Waals surface area contributed by atoms with Crippen LogP contribution in [0.1, 0.15) is 19.3 Å². The highest BCUT2D eigenvalue weighted by molar-refractivity contribution is 9.10. The Balaban J connectivity index is 2.13. The van der Waals surface area contributed by atoms with Crippen molar-refractivity contribution in [2.45, 2.75) is 19.3 Å². The van der Waals surface area contributed by atoms with E-state index in [1.165, 1.54) is 0 Å². The first kappa shape index (κ1) is 14.1. The molecule has 5 heteroatoms. The highest BCUT2D eigenvalue weighted by Crippen LogP contribution is 2.28. The van der Waals surface area contributed by atoms with Crippen LogP contribution in [-0.2, 0) is 0 Å². The van der Waals surface area contributed by atoms with Crippen LogP contribution in [0, 0.1) is 0 Å². The van der Waals surface area contributed by atoms with Gasteiger partial charge in [-0.15, -0.1) is 0 Å². The topological polar surface area (TPSA) is 71.2 Å². The van der Waals surface area contributed by atoms with E-state index in [0.29, 0.717) is 0 Å². The number of anilines is 2.